The van der Waals surface area contributed by atoms with E-state index in [4.69, 9.17) is 0 Å². The summed E-state index contributed by atoms with van der Waals surface area (Å²) >= 11 is 0. The van der Waals surface area contributed by atoms with Gasteiger partial charge in [0.15, 0.2) is 0 Å². The molecule has 0 bridgehead atoms. The highest BCUT2D eigenvalue weighted by molar-refractivity contribution is 6.04. The third kappa shape index (κ3) is 6.21. The van der Waals surface area contributed by atoms with Crippen LogP contribution in [0.2, 0.25) is 0 Å². The fraction of sp³-hybridized carbons (Fsp3) is 1.00. The van der Waals surface area contributed by atoms with E-state index in [1.165, 1.54) is 0 Å². The first kappa shape index (κ1) is 13.1. The lowest BCUT2D eigenvalue weighted by atomic mass is 10.2. The Morgan fingerprint density at radius 3 is 1.46 bits per heavy atom. The average Bonchev–Trinajstić information content (AvgIpc) is 2.00. The van der Waals surface area contributed by atoms with Crippen molar-refractivity contribution >= 4 is 10.4 Å². The van der Waals surface area contributed by atoms with Crippen LogP contribution in [0.15, 0.2) is 0 Å². The zero-order chi connectivity index (χ0) is 10.4. The summed E-state index contributed by atoms with van der Waals surface area (Å²) in [4.78, 5) is 3.39. The van der Waals surface area contributed by atoms with E-state index in [0.29, 0.717) is 24.3 Å². The molecular weight excluding hydrogens is 178 g/mol. The van der Waals surface area contributed by atoms with Crippen LogP contribution >= 0.6 is 0 Å². The van der Waals surface area contributed by atoms with Gasteiger partial charge in [-0.3, -0.25) is 10.6 Å². The molecule has 0 heterocycles. The lowest BCUT2D eigenvalue weighted by Crippen LogP contribution is -2.57. The van der Waals surface area contributed by atoms with Gasteiger partial charge in [0.25, 0.3) is 0 Å². The molecule has 3 nitrogen and oxygen atoms in total. The predicted octanol–water partition coefficient (Wildman–Crippen LogP) is -0.433. The lowest BCUT2D eigenvalue weighted by molar-refractivity contribution is 0.317. The summed E-state index contributed by atoms with van der Waals surface area (Å²) in [5.41, 5.74) is 0. The van der Waals surface area contributed by atoms with Crippen molar-refractivity contribution in [2.45, 2.75) is 58.9 Å². The summed E-state index contributed by atoms with van der Waals surface area (Å²) in [6.45, 7) is 10.9. The maximum atomic E-state index is 3.51. The van der Waals surface area contributed by atoms with Gasteiger partial charge in [0.05, 0.1) is 16.6 Å². The Hall–Kier alpha value is 0.0969. The molecule has 0 rings (SSSR count). The van der Waals surface area contributed by atoms with Gasteiger partial charge in [0.2, 0.25) is 0 Å². The molecule has 0 saturated heterocycles. The van der Waals surface area contributed by atoms with Gasteiger partial charge in [-0.05, 0) is 34.6 Å². The van der Waals surface area contributed by atoms with E-state index < -0.39 is 0 Å². The second kappa shape index (κ2) is 6.54. The minimum Gasteiger partial charge on any atom is -0.340 e. The van der Waals surface area contributed by atoms with Crippen molar-refractivity contribution < 1.29 is 0 Å². The molecule has 0 aliphatic rings. The molecule has 0 amide bonds. The van der Waals surface area contributed by atoms with E-state index in [2.05, 4.69) is 50.2 Å². The molecule has 13 heavy (non-hydrogen) atoms. The van der Waals surface area contributed by atoms with Crippen LogP contribution in [0.25, 0.3) is 0 Å². The van der Waals surface area contributed by atoms with Crippen LogP contribution < -0.4 is 15.6 Å². The fourth-order valence-electron chi connectivity index (χ4n) is 1.22. The van der Waals surface area contributed by atoms with Gasteiger partial charge < -0.3 is 4.98 Å². The van der Waals surface area contributed by atoms with Crippen LogP contribution in [-0.2, 0) is 0 Å². The van der Waals surface area contributed by atoms with Gasteiger partial charge in [-0.1, -0.05) is 0 Å². The monoisotopic (exact) mass is 203 g/mol. The van der Waals surface area contributed by atoms with Gasteiger partial charge in [-0.15, -0.1) is 0 Å². The molecule has 0 aromatic heterocycles. The molecular formula is C9H25N3Si. The number of hydrogen-bond acceptors (Lipinski definition) is 3. The van der Waals surface area contributed by atoms with Crippen LogP contribution in [-0.4, -0.2) is 34.7 Å². The summed E-state index contributed by atoms with van der Waals surface area (Å²) in [5.74, 6) is 0. The quantitative estimate of drug-likeness (QED) is 0.405. The molecule has 0 saturated carbocycles. The first-order chi connectivity index (χ1) is 5.97. The van der Waals surface area contributed by atoms with E-state index in [1.807, 2.05) is 0 Å². The van der Waals surface area contributed by atoms with Crippen LogP contribution in [0, 0.1) is 0 Å². The highest BCUT2D eigenvalue weighted by atomic mass is 28.2. The van der Waals surface area contributed by atoms with Crippen molar-refractivity contribution in [1.82, 2.24) is 15.6 Å². The molecule has 80 valence electrons. The van der Waals surface area contributed by atoms with E-state index in [1.54, 1.807) is 0 Å². The van der Waals surface area contributed by atoms with E-state index in [0.717, 1.165) is 10.4 Å². The Bertz CT molecular complexity index is 118. The number of nitrogens with one attached hydrogen (secondary N) is 3. The normalized spacial score (nSPS) is 14.8. The van der Waals surface area contributed by atoms with E-state index >= 15 is 0 Å². The Morgan fingerprint density at radius 1 is 0.846 bits per heavy atom. The molecule has 0 fully saturated rings. The van der Waals surface area contributed by atoms with Crippen LogP contribution in [0.4, 0.5) is 0 Å². The number of hydrogen-bond donors (Lipinski definition) is 3. The van der Waals surface area contributed by atoms with E-state index in [9.17, 15) is 0 Å². The minimum absolute atomic E-state index is 0.373. The highest BCUT2D eigenvalue weighted by Crippen LogP contribution is 1.93. The molecule has 4 heteroatoms. The summed E-state index contributed by atoms with van der Waals surface area (Å²) < 4.78 is 0. The third-order valence-corrected chi connectivity index (χ3v) is 2.89. The molecule has 0 aromatic carbocycles. The SMILES string of the molecule is CC(C)NC(NC(C)C)C(C)N[SiH3]. The van der Waals surface area contributed by atoms with Crippen molar-refractivity contribution in [3.05, 3.63) is 0 Å². The van der Waals surface area contributed by atoms with Crippen molar-refractivity contribution in [2.75, 3.05) is 0 Å². The van der Waals surface area contributed by atoms with Crippen molar-refractivity contribution in [1.29, 1.82) is 0 Å². The predicted molar refractivity (Wildman–Crippen MR) is 62.9 cm³/mol. The zero-order valence-corrected chi connectivity index (χ0v) is 11.8. The van der Waals surface area contributed by atoms with Crippen molar-refractivity contribution in [3.63, 3.8) is 0 Å². The van der Waals surface area contributed by atoms with Crippen LogP contribution in [0.1, 0.15) is 34.6 Å². The first-order valence-electron chi connectivity index (χ1n) is 5.16. The standard InChI is InChI=1S/C9H25N3Si/c1-6(2)10-9(8(5)12-13)11-7(3)4/h6-12H,1-5,13H3. The second-order valence-electron chi connectivity index (χ2n) is 4.20. The van der Waals surface area contributed by atoms with Gasteiger partial charge in [0.1, 0.15) is 0 Å². The van der Waals surface area contributed by atoms with Gasteiger partial charge in [-0.2, -0.15) is 0 Å². The fourth-order valence-corrected chi connectivity index (χ4v) is 1.56. The zero-order valence-electron chi connectivity index (χ0n) is 9.81. The van der Waals surface area contributed by atoms with Crippen LogP contribution in [0.3, 0.4) is 0 Å². The summed E-state index contributed by atoms with van der Waals surface area (Å²) in [5, 5.41) is 7.02. The number of rotatable bonds is 6. The summed E-state index contributed by atoms with van der Waals surface area (Å²) in [7, 11) is 1.04. The van der Waals surface area contributed by atoms with E-state index in [-0.39, 0.29) is 0 Å². The topological polar surface area (TPSA) is 36.1 Å². The Kier molecular flexibility index (Phi) is 6.58. The summed E-state index contributed by atoms with van der Waals surface area (Å²) in [6.07, 6.45) is 0.373. The molecule has 0 aliphatic carbocycles. The molecule has 1 unspecified atom stereocenters. The van der Waals surface area contributed by atoms with Gasteiger partial charge in [0, 0.05) is 18.1 Å². The van der Waals surface area contributed by atoms with Gasteiger partial charge >= 0.3 is 0 Å². The first-order valence-corrected chi connectivity index (χ1v) is 6.16. The molecule has 0 aromatic rings. The Balaban J connectivity index is 4.02. The molecule has 0 spiro atoms. The Morgan fingerprint density at radius 2 is 1.23 bits per heavy atom. The molecule has 3 N–H and O–H groups in total. The smallest absolute Gasteiger partial charge is 0.0753 e. The van der Waals surface area contributed by atoms with Crippen molar-refractivity contribution in [2.24, 2.45) is 0 Å². The Labute approximate surface area is 85.6 Å². The maximum absolute atomic E-state index is 3.51. The average molecular weight is 203 g/mol. The largest absolute Gasteiger partial charge is 0.340 e. The molecule has 0 radical (unpaired) electrons. The maximum Gasteiger partial charge on any atom is 0.0753 e. The van der Waals surface area contributed by atoms with Crippen molar-refractivity contribution in [3.8, 4) is 0 Å². The summed E-state index contributed by atoms with van der Waals surface area (Å²) in [6, 6.07) is 1.54. The lowest BCUT2D eigenvalue weighted by Gasteiger charge is -2.29. The third-order valence-electron chi connectivity index (χ3n) is 1.98. The molecule has 0 aliphatic heterocycles. The molecule has 1 atom stereocenters. The minimum atomic E-state index is 0.373. The highest BCUT2D eigenvalue weighted by Gasteiger charge is 2.16. The second-order valence-corrected chi connectivity index (χ2v) is 4.78. The van der Waals surface area contributed by atoms with Gasteiger partial charge in [-0.25, -0.2) is 0 Å². The van der Waals surface area contributed by atoms with Crippen LogP contribution in [0.5, 0.6) is 0 Å².